The van der Waals surface area contributed by atoms with E-state index in [2.05, 4.69) is 55.0 Å². The number of hydrogen-bond acceptors (Lipinski definition) is 2. The van der Waals surface area contributed by atoms with Gasteiger partial charge in [0.1, 0.15) is 0 Å². The van der Waals surface area contributed by atoms with Crippen molar-refractivity contribution in [3.05, 3.63) is 24.5 Å². The van der Waals surface area contributed by atoms with Crippen molar-refractivity contribution in [1.82, 2.24) is 0 Å². The maximum Gasteiger partial charge on any atom is 0.252 e. The molecular formula is C22H41ClN2O. The lowest BCUT2D eigenvalue weighted by Gasteiger charge is -2.10. The van der Waals surface area contributed by atoms with E-state index in [0.717, 1.165) is 6.61 Å². The van der Waals surface area contributed by atoms with Crippen LogP contribution >= 0.6 is 0 Å². The normalized spacial score (nSPS) is 10.6. The quantitative estimate of drug-likeness (QED) is 0.322. The average molecular weight is 385 g/mol. The molecule has 0 unspecified atom stereocenters. The molecule has 0 aliphatic rings. The van der Waals surface area contributed by atoms with Gasteiger partial charge in [-0.25, -0.2) is 0 Å². The second-order valence-corrected chi connectivity index (χ2v) is 7.39. The zero-order chi connectivity index (χ0) is 18.2. The number of pyridine rings is 1. The van der Waals surface area contributed by atoms with E-state index in [0.29, 0.717) is 6.73 Å². The minimum absolute atomic E-state index is 0. The highest BCUT2D eigenvalue weighted by atomic mass is 35.5. The predicted molar refractivity (Wildman–Crippen MR) is 108 cm³/mol. The summed E-state index contributed by atoms with van der Waals surface area (Å²) in [5.74, 6) is 0. The Kier molecular flexibility index (Phi) is 17.1. The molecule has 0 atom stereocenters. The van der Waals surface area contributed by atoms with Crippen molar-refractivity contribution in [2.24, 2.45) is 0 Å². The molecule has 0 saturated carbocycles. The van der Waals surface area contributed by atoms with Gasteiger partial charge in [0.2, 0.25) is 0 Å². The van der Waals surface area contributed by atoms with Crippen molar-refractivity contribution < 1.29 is 21.7 Å². The first-order valence-electron chi connectivity index (χ1n) is 10.5. The van der Waals surface area contributed by atoms with Gasteiger partial charge < -0.3 is 22.0 Å². The van der Waals surface area contributed by atoms with Crippen molar-refractivity contribution in [2.45, 2.75) is 90.7 Å². The van der Waals surface area contributed by atoms with Crippen molar-refractivity contribution in [3.63, 3.8) is 0 Å². The molecule has 1 aromatic rings. The lowest BCUT2D eigenvalue weighted by atomic mass is 10.1. The van der Waals surface area contributed by atoms with Gasteiger partial charge in [0.25, 0.3) is 6.73 Å². The van der Waals surface area contributed by atoms with Crippen molar-refractivity contribution in [1.29, 1.82) is 0 Å². The number of anilines is 1. The number of aromatic nitrogens is 1. The summed E-state index contributed by atoms with van der Waals surface area (Å²) in [7, 11) is 4.12. The van der Waals surface area contributed by atoms with Gasteiger partial charge in [-0.15, -0.1) is 0 Å². The van der Waals surface area contributed by atoms with E-state index >= 15 is 0 Å². The molecule has 0 aliphatic carbocycles. The number of nitrogens with zero attached hydrogens (tertiary/aromatic N) is 2. The Morgan fingerprint density at radius 2 is 1.23 bits per heavy atom. The van der Waals surface area contributed by atoms with Crippen molar-refractivity contribution in [3.8, 4) is 0 Å². The second-order valence-electron chi connectivity index (χ2n) is 7.39. The third-order valence-corrected chi connectivity index (χ3v) is 4.77. The van der Waals surface area contributed by atoms with E-state index in [9.17, 15) is 0 Å². The third kappa shape index (κ3) is 13.4. The molecule has 1 aromatic heterocycles. The zero-order valence-electron chi connectivity index (χ0n) is 17.4. The maximum atomic E-state index is 5.76. The van der Waals surface area contributed by atoms with Crippen molar-refractivity contribution in [2.75, 3.05) is 25.6 Å². The van der Waals surface area contributed by atoms with Crippen LogP contribution < -0.4 is 21.9 Å². The first-order chi connectivity index (χ1) is 12.2. The summed E-state index contributed by atoms with van der Waals surface area (Å²) in [4.78, 5) is 2.11. The summed E-state index contributed by atoms with van der Waals surface area (Å²) in [5, 5.41) is 0. The van der Waals surface area contributed by atoms with Crippen LogP contribution in [0.2, 0.25) is 0 Å². The van der Waals surface area contributed by atoms with E-state index in [1.165, 1.54) is 82.7 Å². The predicted octanol–water partition coefficient (Wildman–Crippen LogP) is 2.72. The van der Waals surface area contributed by atoms with E-state index in [1.54, 1.807) is 0 Å². The van der Waals surface area contributed by atoms with E-state index < -0.39 is 0 Å². The van der Waals surface area contributed by atoms with Crippen LogP contribution in [-0.4, -0.2) is 20.7 Å². The van der Waals surface area contributed by atoms with Gasteiger partial charge in [-0.2, -0.15) is 4.57 Å². The van der Waals surface area contributed by atoms with Crippen LogP contribution in [0.1, 0.15) is 84.0 Å². The summed E-state index contributed by atoms with van der Waals surface area (Å²) in [5.41, 5.74) is 1.22. The Morgan fingerprint density at radius 1 is 0.769 bits per heavy atom. The largest absolute Gasteiger partial charge is 1.00 e. The minimum Gasteiger partial charge on any atom is -1.00 e. The van der Waals surface area contributed by atoms with Crippen LogP contribution in [0.3, 0.4) is 0 Å². The molecule has 0 radical (unpaired) electrons. The van der Waals surface area contributed by atoms with Crippen LogP contribution in [-0.2, 0) is 11.5 Å². The second kappa shape index (κ2) is 17.6. The van der Waals surface area contributed by atoms with E-state index in [1.807, 2.05) is 0 Å². The summed E-state index contributed by atoms with van der Waals surface area (Å²) in [6, 6.07) is 4.24. The molecule has 0 fully saturated rings. The molecule has 1 heterocycles. The van der Waals surface area contributed by atoms with Crippen molar-refractivity contribution >= 4 is 5.69 Å². The highest BCUT2D eigenvalue weighted by Gasteiger charge is 2.01. The monoisotopic (exact) mass is 384 g/mol. The molecule has 26 heavy (non-hydrogen) atoms. The number of unbranched alkanes of at least 4 members (excludes halogenated alkanes) is 11. The van der Waals surface area contributed by atoms with E-state index in [4.69, 9.17) is 4.74 Å². The molecule has 0 bridgehead atoms. The van der Waals surface area contributed by atoms with Crippen LogP contribution in [0, 0.1) is 0 Å². The Bertz CT molecular complexity index is 409. The molecule has 0 N–H and O–H groups in total. The van der Waals surface area contributed by atoms with Crippen LogP contribution in [0.25, 0.3) is 0 Å². The zero-order valence-corrected chi connectivity index (χ0v) is 18.1. The smallest absolute Gasteiger partial charge is 0.252 e. The van der Waals surface area contributed by atoms with Gasteiger partial charge in [0, 0.05) is 31.9 Å². The van der Waals surface area contributed by atoms with Gasteiger partial charge in [-0.3, -0.25) is 0 Å². The summed E-state index contributed by atoms with van der Waals surface area (Å²) in [6.45, 7) is 3.82. The van der Waals surface area contributed by atoms with Gasteiger partial charge in [0.15, 0.2) is 12.4 Å². The Morgan fingerprint density at radius 3 is 1.69 bits per heavy atom. The topological polar surface area (TPSA) is 16.4 Å². The number of ether oxygens (including phenoxy) is 1. The van der Waals surface area contributed by atoms with E-state index in [-0.39, 0.29) is 12.4 Å². The first-order valence-corrected chi connectivity index (χ1v) is 10.5. The first kappa shape index (κ1) is 25.2. The van der Waals surface area contributed by atoms with Gasteiger partial charge in [-0.1, -0.05) is 77.6 Å². The molecule has 3 nitrogen and oxygen atoms in total. The molecule has 0 aromatic carbocycles. The standard InChI is InChI=1S/C22H41N2O.ClH/c1-4-5-6-7-8-9-10-11-12-13-14-15-20-25-21-24-18-16-22(17-19-24)23(2)3;/h16-19H,4-15,20-21H2,1-3H3;1H/q+1;/p-1. The highest BCUT2D eigenvalue weighted by molar-refractivity contribution is 5.41. The lowest BCUT2D eigenvalue weighted by Crippen LogP contribution is -3.00. The fourth-order valence-corrected chi connectivity index (χ4v) is 3.05. The summed E-state index contributed by atoms with van der Waals surface area (Å²) < 4.78 is 7.85. The molecule has 0 aliphatic heterocycles. The fourth-order valence-electron chi connectivity index (χ4n) is 3.05. The Balaban J connectivity index is 0.00000625. The molecular weight excluding hydrogens is 344 g/mol. The summed E-state index contributed by atoms with van der Waals surface area (Å²) in [6.07, 6.45) is 20.8. The number of rotatable bonds is 16. The summed E-state index contributed by atoms with van der Waals surface area (Å²) >= 11 is 0. The van der Waals surface area contributed by atoms with Gasteiger partial charge in [0.05, 0.1) is 6.61 Å². The molecule has 152 valence electrons. The fraction of sp³-hybridized carbons (Fsp3) is 0.773. The minimum atomic E-state index is 0. The van der Waals surface area contributed by atoms with Crippen LogP contribution in [0.5, 0.6) is 0 Å². The lowest BCUT2D eigenvalue weighted by molar-refractivity contribution is -0.732. The molecule has 1 rings (SSSR count). The maximum absolute atomic E-state index is 5.76. The molecule has 0 amide bonds. The highest BCUT2D eigenvalue weighted by Crippen LogP contribution is 2.12. The van der Waals surface area contributed by atoms with Gasteiger partial charge in [-0.05, 0) is 6.42 Å². The van der Waals surface area contributed by atoms with Crippen LogP contribution in [0.4, 0.5) is 5.69 Å². The Labute approximate surface area is 168 Å². The van der Waals surface area contributed by atoms with Gasteiger partial charge >= 0.3 is 0 Å². The van der Waals surface area contributed by atoms with Crippen LogP contribution in [0.15, 0.2) is 24.5 Å². The Hall–Kier alpha value is -0.800. The molecule has 0 spiro atoms. The number of halogens is 1. The SMILES string of the molecule is CCCCCCCCCCCCCCOC[n+]1ccc(N(C)C)cc1.[Cl-]. The third-order valence-electron chi connectivity index (χ3n) is 4.77. The average Bonchev–Trinajstić information content (AvgIpc) is 2.62. The number of hydrogen-bond donors (Lipinski definition) is 0. The molecule has 0 saturated heterocycles. The molecule has 4 heteroatoms.